The maximum absolute atomic E-state index is 12.1. The van der Waals surface area contributed by atoms with Crippen LogP contribution in [0.25, 0.3) is 0 Å². The standard InChI is InChI=1S/C16H22N2O4S/c1-3-13-4-6-14(7-5-13)17-16(20)10-18(12(2)19)15-8-9-23(21,22)11-15/h4-7,15H,3,8-11H2,1-2H3,(H,17,20). The molecule has 0 radical (unpaired) electrons. The number of nitrogens with one attached hydrogen (secondary N) is 1. The molecule has 0 saturated carbocycles. The highest BCUT2D eigenvalue weighted by atomic mass is 32.2. The van der Waals surface area contributed by atoms with Crippen molar-refractivity contribution in [2.24, 2.45) is 0 Å². The molecule has 0 bridgehead atoms. The van der Waals surface area contributed by atoms with E-state index in [-0.39, 0.29) is 29.9 Å². The van der Waals surface area contributed by atoms with Crippen LogP contribution in [0.4, 0.5) is 5.69 Å². The summed E-state index contributed by atoms with van der Waals surface area (Å²) in [5.41, 5.74) is 1.83. The van der Waals surface area contributed by atoms with Crippen LogP contribution >= 0.6 is 0 Å². The van der Waals surface area contributed by atoms with Crippen LogP contribution in [0.2, 0.25) is 0 Å². The molecule has 23 heavy (non-hydrogen) atoms. The average molecular weight is 338 g/mol. The molecule has 1 saturated heterocycles. The minimum atomic E-state index is -3.10. The van der Waals surface area contributed by atoms with Crippen molar-refractivity contribution in [3.63, 3.8) is 0 Å². The molecule has 1 unspecified atom stereocenters. The molecular formula is C16H22N2O4S. The largest absolute Gasteiger partial charge is 0.330 e. The minimum absolute atomic E-state index is 0.0644. The Morgan fingerprint density at radius 1 is 1.26 bits per heavy atom. The van der Waals surface area contributed by atoms with Crippen molar-refractivity contribution in [1.29, 1.82) is 0 Å². The van der Waals surface area contributed by atoms with E-state index in [9.17, 15) is 18.0 Å². The Morgan fingerprint density at radius 3 is 2.39 bits per heavy atom. The molecular weight excluding hydrogens is 316 g/mol. The molecule has 0 aromatic heterocycles. The van der Waals surface area contributed by atoms with Crippen molar-refractivity contribution < 1.29 is 18.0 Å². The lowest BCUT2D eigenvalue weighted by Crippen LogP contribution is -2.44. The van der Waals surface area contributed by atoms with Crippen molar-refractivity contribution in [2.45, 2.75) is 32.7 Å². The highest BCUT2D eigenvalue weighted by Gasteiger charge is 2.34. The molecule has 0 spiro atoms. The number of rotatable bonds is 5. The Hall–Kier alpha value is -1.89. The van der Waals surface area contributed by atoms with Gasteiger partial charge in [-0.3, -0.25) is 9.59 Å². The van der Waals surface area contributed by atoms with Gasteiger partial charge < -0.3 is 10.2 Å². The molecule has 2 amide bonds. The molecule has 7 heteroatoms. The summed E-state index contributed by atoms with van der Waals surface area (Å²) in [6, 6.07) is 7.08. The van der Waals surface area contributed by atoms with Crippen molar-refractivity contribution in [1.82, 2.24) is 4.90 Å². The highest BCUT2D eigenvalue weighted by molar-refractivity contribution is 7.91. The molecule has 1 aliphatic heterocycles. The summed E-state index contributed by atoms with van der Waals surface area (Å²) in [5, 5.41) is 2.74. The molecule has 1 N–H and O–H groups in total. The van der Waals surface area contributed by atoms with E-state index in [0.29, 0.717) is 12.1 Å². The Kier molecular flexibility index (Phi) is 5.41. The fraction of sp³-hybridized carbons (Fsp3) is 0.500. The van der Waals surface area contributed by atoms with E-state index in [4.69, 9.17) is 0 Å². The molecule has 6 nitrogen and oxygen atoms in total. The van der Waals surface area contributed by atoms with Crippen LogP contribution in [0.5, 0.6) is 0 Å². The minimum Gasteiger partial charge on any atom is -0.330 e. The first-order valence-corrected chi connectivity index (χ1v) is 9.49. The van der Waals surface area contributed by atoms with Gasteiger partial charge in [0.05, 0.1) is 11.5 Å². The van der Waals surface area contributed by atoms with Crippen LogP contribution in [0.1, 0.15) is 25.8 Å². The summed E-state index contributed by atoms with van der Waals surface area (Å²) < 4.78 is 23.1. The summed E-state index contributed by atoms with van der Waals surface area (Å²) in [4.78, 5) is 25.3. The summed E-state index contributed by atoms with van der Waals surface area (Å²) in [6.45, 7) is 3.27. The van der Waals surface area contributed by atoms with E-state index in [1.807, 2.05) is 31.2 Å². The number of carbonyl (C=O) groups is 2. The van der Waals surface area contributed by atoms with Gasteiger partial charge in [-0.1, -0.05) is 19.1 Å². The second-order valence-corrected chi connectivity index (χ2v) is 8.03. The Morgan fingerprint density at radius 2 is 1.91 bits per heavy atom. The summed E-state index contributed by atoms with van der Waals surface area (Å²) in [6.07, 6.45) is 1.31. The average Bonchev–Trinajstić information content (AvgIpc) is 2.85. The Balaban J connectivity index is 1.99. The lowest BCUT2D eigenvalue weighted by atomic mass is 10.1. The molecule has 1 aromatic carbocycles. The van der Waals surface area contributed by atoms with E-state index < -0.39 is 15.9 Å². The number of aryl methyl sites for hydroxylation is 1. The number of anilines is 1. The second-order valence-electron chi connectivity index (χ2n) is 5.80. The topological polar surface area (TPSA) is 83.6 Å². The number of hydrogen-bond acceptors (Lipinski definition) is 4. The highest BCUT2D eigenvalue weighted by Crippen LogP contribution is 2.18. The van der Waals surface area contributed by atoms with Crippen LogP contribution < -0.4 is 5.32 Å². The molecule has 0 aliphatic carbocycles. The molecule has 1 aromatic rings. The number of nitrogens with zero attached hydrogens (tertiary/aromatic N) is 1. The monoisotopic (exact) mass is 338 g/mol. The van der Waals surface area contributed by atoms with E-state index in [1.54, 1.807) is 0 Å². The second kappa shape index (κ2) is 7.12. The first-order chi connectivity index (χ1) is 10.8. The van der Waals surface area contributed by atoms with Crippen LogP contribution in [0, 0.1) is 0 Å². The molecule has 1 aliphatic rings. The fourth-order valence-corrected chi connectivity index (χ4v) is 4.43. The van der Waals surface area contributed by atoms with Gasteiger partial charge in [-0.2, -0.15) is 0 Å². The van der Waals surface area contributed by atoms with Crippen molar-refractivity contribution >= 4 is 27.3 Å². The third-order valence-corrected chi connectivity index (χ3v) is 5.76. The van der Waals surface area contributed by atoms with Crippen LogP contribution in [-0.4, -0.2) is 49.2 Å². The lowest BCUT2D eigenvalue weighted by molar-refractivity contribution is -0.134. The third-order valence-electron chi connectivity index (χ3n) is 4.01. The molecule has 1 atom stereocenters. The van der Waals surface area contributed by atoms with E-state index >= 15 is 0 Å². The molecule has 2 rings (SSSR count). The summed E-state index contributed by atoms with van der Waals surface area (Å²) in [7, 11) is -3.10. The maximum atomic E-state index is 12.1. The maximum Gasteiger partial charge on any atom is 0.244 e. The van der Waals surface area contributed by atoms with E-state index in [1.165, 1.54) is 17.4 Å². The normalized spacial score (nSPS) is 19.3. The van der Waals surface area contributed by atoms with Gasteiger partial charge in [-0.25, -0.2) is 8.42 Å². The molecule has 1 fully saturated rings. The number of carbonyl (C=O) groups excluding carboxylic acids is 2. The zero-order valence-corrected chi connectivity index (χ0v) is 14.2. The molecule has 1 heterocycles. The van der Waals surface area contributed by atoms with Crippen LogP contribution in [-0.2, 0) is 25.8 Å². The number of hydrogen-bond donors (Lipinski definition) is 1. The van der Waals surface area contributed by atoms with Gasteiger partial charge in [0.25, 0.3) is 0 Å². The van der Waals surface area contributed by atoms with Crippen molar-refractivity contribution in [2.75, 3.05) is 23.4 Å². The SMILES string of the molecule is CCc1ccc(NC(=O)CN(C(C)=O)C2CCS(=O)(=O)C2)cc1. The summed E-state index contributed by atoms with van der Waals surface area (Å²) in [5.74, 6) is -0.607. The number of benzene rings is 1. The lowest BCUT2D eigenvalue weighted by Gasteiger charge is -2.26. The van der Waals surface area contributed by atoms with Crippen LogP contribution in [0.3, 0.4) is 0 Å². The van der Waals surface area contributed by atoms with Gasteiger partial charge in [-0.05, 0) is 30.5 Å². The first-order valence-electron chi connectivity index (χ1n) is 7.67. The van der Waals surface area contributed by atoms with Gasteiger partial charge in [0.2, 0.25) is 11.8 Å². The van der Waals surface area contributed by atoms with Crippen molar-refractivity contribution in [3.05, 3.63) is 29.8 Å². The summed E-state index contributed by atoms with van der Waals surface area (Å²) >= 11 is 0. The fourth-order valence-electron chi connectivity index (χ4n) is 2.70. The van der Waals surface area contributed by atoms with Gasteiger partial charge in [0, 0.05) is 18.7 Å². The number of sulfone groups is 1. The zero-order chi connectivity index (χ0) is 17.0. The Bertz CT molecular complexity index is 683. The quantitative estimate of drug-likeness (QED) is 0.875. The smallest absolute Gasteiger partial charge is 0.244 e. The van der Waals surface area contributed by atoms with E-state index in [0.717, 1.165) is 6.42 Å². The van der Waals surface area contributed by atoms with Gasteiger partial charge in [0.15, 0.2) is 9.84 Å². The van der Waals surface area contributed by atoms with Crippen molar-refractivity contribution in [3.8, 4) is 0 Å². The predicted molar refractivity (Wildman–Crippen MR) is 88.9 cm³/mol. The van der Waals surface area contributed by atoms with Gasteiger partial charge in [0.1, 0.15) is 6.54 Å². The zero-order valence-electron chi connectivity index (χ0n) is 13.4. The first kappa shape index (κ1) is 17.5. The predicted octanol–water partition coefficient (Wildman–Crippen LogP) is 1.22. The molecule has 126 valence electrons. The van der Waals surface area contributed by atoms with E-state index in [2.05, 4.69) is 5.32 Å². The van der Waals surface area contributed by atoms with Crippen LogP contribution in [0.15, 0.2) is 24.3 Å². The third kappa shape index (κ3) is 4.79. The van der Waals surface area contributed by atoms with Gasteiger partial charge >= 0.3 is 0 Å². The number of amides is 2. The van der Waals surface area contributed by atoms with Gasteiger partial charge in [-0.15, -0.1) is 0 Å². The Labute approximate surface area is 136 Å².